The second-order valence-electron chi connectivity index (χ2n) is 3.59. The molecule has 1 rings (SSSR count). The van der Waals surface area contributed by atoms with Gasteiger partial charge in [0, 0.05) is 12.8 Å². The van der Waals surface area contributed by atoms with Crippen LogP contribution >= 0.6 is 0 Å². The van der Waals surface area contributed by atoms with Gasteiger partial charge in [-0.1, -0.05) is 13.8 Å². The summed E-state index contributed by atoms with van der Waals surface area (Å²) in [7, 11) is 1.49. The van der Waals surface area contributed by atoms with Gasteiger partial charge < -0.3 is 9.84 Å². The van der Waals surface area contributed by atoms with Gasteiger partial charge in [-0.15, -0.1) is 0 Å². The van der Waals surface area contributed by atoms with Crippen LogP contribution in [0.4, 0.5) is 0 Å². The van der Waals surface area contributed by atoms with Crippen molar-refractivity contribution in [3.05, 3.63) is 17.5 Å². The zero-order valence-corrected chi connectivity index (χ0v) is 9.93. The third-order valence-electron chi connectivity index (χ3n) is 2.49. The molecule has 1 unspecified atom stereocenters. The Morgan fingerprint density at radius 2 is 2.25 bits per heavy atom. The number of aromatic nitrogens is 2. The van der Waals surface area contributed by atoms with Gasteiger partial charge in [0.05, 0.1) is 12.3 Å². The molecule has 0 saturated carbocycles. The van der Waals surface area contributed by atoms with Crippen molar-refractivity contribution in [1.82, 2.24) is 9.78 Å². The highest BCUT2D eigenvalue weighted by Crippen LogP contribution is 2.14. The molecule has 0 aromatic carbocycles. The lowest BCUT2D eigenvalue weighted by atomic mass is 10.2. The monoisotopic (exact) mass is 226 g/mol. The quantitative estimate of drug-likeness (QED) is 0.793. The predicted molar refractivity (Wildman–Crippen MR) is 59.5 cm³/mol. The molecule has 0 bridgehead atoms. The maximum Gasteiger partial charge on any atom is 0.330 e. The number of rotatable bonds is 6. The molecular weight excluding hydrogens is 208 g/mol. The van der Waals surface area contributed by atoms with E-state index in [2.05, 4.69) is 5.10 Å². The largest absolute Gasteiger partial charge is 0.480 e. The molecule has 0 spiro atoms. The van der Waals surface area contributed by atoms with E-state index in [4.69, 9.17) is 9.84 Å². The first kappa shape index (κ1) is 12.7. The van der Waals surface area contributed by atoms with Crippen LogP contribution in [0.3, 0.4) is 0 Å². The zero-order valence-electron chi connectivity index (χ0n) is 9.93. The summed E-state index contributed by atoms with van der Waals surface area (Å²) in [6, 6.07) is 1.21. The summed E-state index contributed by atoms with van der Waals surface area (Å²) in [5, 5.41) is 13.4. The average Bonchev–Trinajstić information content (AvgIpc) is 2.68. The highest BCUT2D eigenvalue weighted by molar-refractivity contribution is 5.72. The number of aryl methyl sites for hydroxylation is 2. The van der Waals surface area contributed by atoms with E-state index in [0.29, 0.717) is 0 Å². The van der Waals surface area contributed by atoms with Gasteiger partial charge in [0.2, 0.25) is 0 Å². The maximum absolute atomic E-state index is 11.1. The number of methoxy groups -OCH3 is 1. The van der Waals surface area contributed by atoms with Crippen molar-refractivity contribution in [2.45, 2.75) is 32.7 Å². The Bertz CT molecular complexity index is 360. The number of hydrogen-bond acceptors (Lipinski definition) is 3. The van der Waals surface area contributed by atoms with E-state index in [9.17, 15) is 4.79 Å². The van der Waals surface area contributed by atoms with E-state index >= 15 is 0 Å². The Morgan fingerprint density at radius 3 is 2.69 bits per heavy atom. The first-order valence-corrected chi connectivity index (χ1v) is 5.43. The lowest BCUT2D eigenvalue weighted by Gasteiger charge is -2.14. The van der Waals surface area contributed by atoms with Crippen LogP contribution in [-0.2, 0) is 22.4 Å². The fraction of sp³-hybridized carbons (Fsp3) is 0.636. The summed E-state index contributed by atoms with van der Waals surface area (Å²) in [5.41, 5.74) is 1.85. The second kappa shape index (κ2) is 5.65. The van der Waals surface area contributed by atoms with E-state index in [-0.39, 0.29) is 6.61 Å². The van der Waals surface area contributed by atoms with Gasteiger partial charge in [0.25, 0.3) is 0 Å². The Kier molecular flexibility index (Phi) is 4.49. The molecule has 16 heavy (non-hydrogen) atoms. The number of carboxylic acids is 1. The van der Waals surface area contributed by atoms with Gasteiger partial charge in [-0.3, -0.25) is 4.68 Å². The van der Waals surface area contributed by atoms with Crippen molar-refractivity contribution in [1.29, 1.82) is 0 Å². The molecule has 0 amide bonds. The molecule has 0 aliphatic rings. The van der Waals surface area contributed by atoms with Gasteiger partial charge in [-0.25, -0.2) is 4.79 Å². The first-order chi connectivity index (χ1) is 7.63. The first-order valence-electron chi connectivity index (χ1n) is 5.43. The molecule has 1 N–H and O–H groups in total. The number of nitrogens with zero attached hydrogens (tertiary/aromatic N) is 2. The molecule has 1 aromatic heterocycles. The van der Waals surface area contributed by atoms with Crippen molar-refractivity contribution in [3.8, 4) is 0 Å². The summed E-state index contributed by atoms with van der Waals surface area (Å²) in [6.07, 6.45) is 1.57. The Labute approximate surface area is 95.0 Å². The molecule has 90 valence electrons. The Hall–Kier alpha value is -1.36. The van der Waals surface area contributed by atoms with E-state index in [1.165, 1.54) is 7.11 Å². The maximum atomic E-state index is 11.1. The molecule has 0 saturated heterocycles. The van der Waals surface area contributed by atoms with Gasteiger partial charge in [-0.05, 0) is 18.9 Å². The summed E-state index contributed by atoms with van der Waals surface area (Å²) in [6.45, 7) is 4.12. The van der Waals surface area contributed by atoms with E-state index in [1.54, 1.807) is 4.68 Å². The summed E-state index contributed by atoms with van der Waals surface area (Å²) >= 11 is 0. The summed E-state index contributed by atoms with van der Waals surface area (Å²) < 4.78 is 6.48. The van der Waals surface area contributed by atoms with Crippen LogP contribution in [0.5, 0.6) is 0 Å². The topological polar surface area (TPSA) is 64.3 Å². The molecule has 0 aliphatic heterocycles. The molecule has 1 aromatic rings. The van der Waals surface area contributed by atoms with Gasteiger partial charge in [0.1, 0.15) is 0 Å². The van der Waals surface area contributed by atoms with Crippen molar-refractivity contribution < 1.29 is 14.6 Å². The van der Waals surface area contributed by atoms with Crippen molar-refractivity contribution in [2.75, 3.05) is 13.7 Å². The van der Waals surface area contributed by atoms with Crippen LogP contribution in [0.25, 0.3) is 0 Å². The van der Waals surface area contributed by atoms with Crippen molar-refractivity contribution in [3.63, 3.8) is 0 Å². The van der Waals surface area contributed by atoms with Crippen LogP contribution in [0.1, 0.15) is 31.3 Å². The third kappa shape index (κ3) is 2.61. The smallest absolute Gasteiger partial charge is 0.330 e. The van der Waals surface area contributed by atoms with E-state index in [1.807, 2.05) is 19.9 Å². The van der Waals surface area contributed by atoms with Crippen LogP contribution < -0.4 is 0 Å². The lowest BCUT2D eigenvalue weighted by molar-refractivity contribution is -0.143. The van der Waals surface area contributed by atoms with E-state index in [0.717, 1.165) is 24.2 Å². The Balaban J connectivity index is 3.06. The van der Waals surface area contributed by atoms with E-state index < -0.39 is 12.0 Å². The minimum Gasteiger partial charge on any atom is -0.480 e. The number of carboxylic acid groups (broad SMARTS) is 1. The minimum atomic E-state index is -0.915. The van der Waals surface area contributed by atoms with Crippen LogP contribution in [0, 0.1) is 0 Å². The standard InChI is InChI=1S/C11H18N2O3/c1-4-8-6-9(5-2)13(12-8)10(7-16-3)11(14)15/h6,10H,4-5,7H2,1-3H3,(H,14,15). The van der Waals surface area contributed by atoms with Crippen molar-refractivity contribution in [2.24, 2.45) is 0 Å². The zero-order chi connectivity index (χ0) is 12.1. The SMILES string of the molecule is CCc1cc(CC)n(C(COC)C(=O)O)n1. The average molecular weight is 226 g/mol. The van der Waals surface area contributed by atoms with Crippen LogP contribution in [0.2, 0.25) is 0 Å². The minimum absolute atomic E-state index is 0.132. The molecule has 1 heterocycles. The van der Waals surface area contributed by atoms with Crippen molar-refractivity contribution >= 4 is 5.97 Å². The molecule has 0 radical (unpaired) electrons. The van der Waals surface area contributed by atoms with Crippen LogP contribution in [-0.4, -0.2) is 34.6 Å². The van der Waals surface area contributed by atoms with Gasteiger partial charge >= 0.3 is 5.97 Å². The molecule has 1 atom stereocenters. The highest BCUT2D eigenvalue weighted by Gasteiger charge is 2.22. The molecule has 5 heteroatoms. The number of ether oxygens (including phenoxy) is 1. The Morgan fingerprint density at radius 1 is 1.56 bits per heavy atom. The number of hydrogen-bond donors (Lipinski definition) is 1. The lowest BCUT2D eigenvalue weighted by Crippen LogP contribution is -2.26. The summed E-state index contributed by atoms with van der Waals surface area (Å²) in [4.78, 5) is 11.1. The van der Waals surface area contributed by atoms with Crippen LogP contribution in [0.15, 0.2) is 6.07 Å². The third-order valence-corrected chi connectivity index (χ3v) is 2.49. The molecule has 5 nitrogen and oxygen atoms in total. The molecule has 0 aliphatic carbocycles. The second-order valence-corrected chi connectivity index (χ2v) is 3.59. The normalized spacial score (nSPS) is 12.7. The molecule has 0 fully saturated rings. The number of aliphatic carboxylic acids is 1. The molecular formula is C11H18N2O3. The highest BCUT2D eigenvalue weighted by atomic mass is 16.5. The van der Waals surface area contributed by atoms with Gasteiger partial charge in [-0.2, -0.15) is 5.10 Å². The number of carbonyl (C=O) groups is 1. The fourth-order valence-corrected chi connectivity index (χ4v) is 1.60. The predicted octanol–water partition coefficient (Wildman–Crippen LogP) is 1.28. The fourth-order valence-electron chi connectivity index (χ4n) is 1.60. The summed E-state index contributed by atoms with van der Waals surface area (Å²) in [5.74, 6) is -0.915. The van der Waals surface area contributed by atoms with Gasteiger partial charge in [0.15, 0.2) is 6.04 Å².